The summed E-state index contributed by atoms with van der Waals surface area (Å²) in [5.41, 5.74) is 5.76. The van der Waals surface area contributed by atoms with E-state index >= 15 is 0 Å². The van der Waals surface area contributed by atoms with Crippen LogP contribution < -0.4 is 5.73 Å². The Kier molecular flexibility index (Phi) is 4.25. The van der Waals surface area contributed by atoms with E-state index in [1.54, 1.807) is 23.8 Å². The van der Waals surface area contributed by atoms with E-state index in [0.717, 1.165) is 6.07 Å². The first-order valence-corrected chi connectivity index (χ1v) is 7.62. The van der Waals surface area contributed by atoms with E-state index in [1.807, 2.05) is 0 Å². The lowest BCUT2D eigenvalue weighted by Crippen LogP contribution is -2.07. The zero-order chi connectivity index (χ0) is 17.1. The van der Waals surface area contributed by atoms with E-state index in [-0.39, 0.29) is 23.5 Å². The molecule has 0 aliphatic rings. The number of nitrogens with two attached hydrogens (primary N) is 1. The van der Waals surface area contributed by atoms with Crippen LogP contribution in [-0.4, -0.2) is 15.9 Å². The lowest BCUT2D eigenvalue weighted by atomic mass is 10.2. The molecular weight excluding hydrogens is 334 g/mol. The van der Waals surface area contributed by atoms with Gasteiger partial charge >= 0.3 is 5.97 Å². The molecule has 0 bridgehead atoms. The second-order valence-electron chi connectivity index (χ2n) is 4.73. The van der Waals surface area contributed by atoms with Crippen LogP contribution in [0.1, 0.15) is 16.1 Å². The summed E-state index contributed by atoms with van der Waals surface area (Å²) >= 11 is 1.36. The Balaban J connectivity index is 1.68. The maximum absolute atomic E-state index is 12.0. The number of thiazole rings is 1. The number of esters is 1. The molecule has 0 radical (unpaired) electrons. The minimum atomic E-state index is -0.689. The number of rotatable bonds is 5. The number of aromatic nitrogens is 1. The van der Waals surface area contributed by atoms with Crippen molar-refractivity contribution in [2.45, 2.75) is 6.61 Å². The number of hydrogen-bond donors (Lipinski definition) is 1. The Morgan fingerprint density at radius 1 is 1.42 bits per heavy atom. The highest BCUT2D eigenvalue weighted by atomic mass is 32.1. The number of hydrogen-bond acceptors (Lipinski definition) is 8. The summed E-state index contributed by atoms with van der Waals surface area (Å²) in [6, 6.07) is 7.30. The molecule has 2 N–H and O–H groups in total. The number of anilines is 1. The number of nitro groups is 1. The van der Waals surface area contributed by atoms with Gasteiger partial charge in [0.2, 0.25) is 0 Å². The van der Waals surface area contributed by atoms with Crippen molar-refractivity contribution < 1.29 is 18.9 Å². The highest BCUT2D eigenvalue weighted by Crippen LogP contribution is 2.25. The smallest absolute Gasteiger partial charge is 0.338 e. The fourth-order valence-electron chi connectivity index (χ4n) is 1.94. The van der Waals surface area contributed by atoms with Gasteiger partial charge < -0.3 is 14.9 Å². The third-order valence-corrected chi connectivity index (χ3v) is 4.00. The molecule has 24 heavy (non-hydrogen) atoms. The van der Waals surface area contributed by atoms with Crippen molar-refractivity contribution in [3.05, 3.63) is 63.3 Å². The largest absolute Gasteiger partial charge is 0.462 e. The number of carbonyl (C=O) groups excluding carboxylic acids is 1. The minimum absolute atomic E-state index is 0.0147. The summed E-state index contributed by atoms with van der Waals surface area (Å²) in [4.78, 5) is 26.5. The molecule has 9 heteroatoms. The van der Waals surface area contributed by atoms with Crippen LogP contribution in [0.4, 0.5) is 11.4 Å². The molecule has 2 aromatic heterocycles. The number of ether oxygens (including phenoxy) is 1. The van der Waals surface area contributed by atoms with Crippen molar-refractivity contribution in [3.63, 3.8) is 0 Å². The molecule has 0 unspecified atom stereocenters. The lowest BCUT2D eigenvalue weighted by Gasteiger charge is -2.04. The van der Waals surface area contributed by atoms with Crippen LogP contribution in [0.25, 0.3) is 10.8 Å². The third-order valence-electron chi connectivity index (χ3n) is 3.10. The Hall–Kier alpha value is -3.20. The van der Waals surface area contributed by atoms with Crippen LogP contribution >= 0.6 is 11.3 Å². The fraction of sp³-hybridized carbons (Fsp3) is 0.0667. The molecule has 0 saturated carbocycles. The first-order valence-electron chi connectivity index (χ1n) is 6.74. The van der Waals surface area contributed by atoms with Gasteiger partial charge in [0.1, 0.15) is 12.3 Å². The number of nitrogens with zero attached hydrogens (tertiary/aromatic N) is 2. The molecule has 0 saturated heterocycles. The predicted octanol–water partition coefficient (Wildman–Crippen LogP) is 3.25. The summed E-state index contributed by atoms with van der Waals surface area (Å²) in [6.45, 7) is -0.0474. The molecule has 2 heterocycles. The van der Waals surface area contributed by atoms with Crippen molar-refractivity contribution in [1.82, 2.24) is 4.98 Å². The molecule has 0 aliphatic heterocycles. The summed E-state index contributed by atoms with van der Waals surface area (Å²) in [7, 11) is 0. The van der Waals surface area contributed by atoms with E-state index in [0.29, 0.717) is 16.5 Å². The molecule has 122 valence electrons. The molecule has 8 nitrogen and oxygen atoms in total. The molecule has 0 aliphatic carbocycles. The molecule has 0 fully saturated rings. The number of nitro benzene ring substituents is 1. The van der Waals surface area contributed by atoms with Gasteiger partial charge in [0, 0.05) is 11.4 Å². The Bertz CT molecular complexity index is 888. The van der Waals surface area contributed by atoms with Gasteiger partial charge in [-0.05, 0) is 24.3 Å². The zero-order valence-electron chi connectivity index (χ0n) is 12.2. The van der Waals surface area contributed by atoms with E-state index in [4.69, 9.17) is 14.9 Å². The first kappa shape index (κ1) is 15.7. The number of furan rings is 1. The third kappa shape index (κ3) is 3.25. The van der Waals surface area contributed by atoms with Crippen LogP contribution in [0.3, 0.4) is 0 Å². The highest BCUT2D eigenvalue weighted by Gasteiger charge is 2.17. The molecule has 0 atom stereocenters. The second kappa shape index (κ2) is 6.50. The van der Waals surface area contributed by atoms with Gasteiger partial charge in [0.15, 0.2) is 10.8 Å². The number of benzene rings is 1. The molecule has 0 amide bonds. The van der Waals surface area contributed by atoms with Gasteiger partial charge in [0.05, 0.1) is 22.4 Å². The van der Waals surface area contributed by atoms with Crippen LogP contribution in [0.5, 0.6) is 0 Å². The highest BCUT2D eigenvalue weighted by molar-refractivity contribution is 7.13. The molecule has 0 spiro atoms. The summed E-state index contributed by atoms with van der Waals surface area (Å²) in [5, 5.41) is 13.3. The van der Waals surface area contributed by atoms with Crippen molar-refractivity contribution in [2.75, 3.05) is 5.73 Å². The monoisotopic (exact) mass is 345 g/mol. The van der Waals surface area contributed by atoms with Gasteiger partial charge in [-0.3, -0.25) is 10.1 Å². The van der Waals surface area contributed by atoms with E-state index in [2.05, 4.69) is 4.98 Å². The molecular formula is C15H11N3O5S. The number of nitrogen functional groups attached to an aromatic ring is 1. The van der Waals surface area contributed by atoms with Gasteiger partial charge in [-0.25, -0.2) is 9.78 Å². The Morgan fingerprint density at radius 2 is 2.25 bits per heavy atom. The molecule has 3 rings (SSSR count). The fourth-order valence-corrected chi connectivity index (χ4v) is 2.71. The van der Waals surface area contributed by atoms with Crippen molar-refractivity contribution in [1.29, 1.82) is 0 Å². The average Bonchev–Trinajstić information content (AvgIpc) is 3.24. The molecule has 1 aromatic carbocycles. The maximum atomic E-state index is 12.0. The van der Waals surface area contributed by atoms with Crippen molar-refractivity contribution >= 4 is 28.7 Å². The Labute approximate surface area is 139 Å². The van der Waals surface area contributed by atoms with E-state index in [1.165, 1.54) is 23.5 Å². The number of carbonyl (C=O) groups is 1. The Morgan fingerprint density at radius 3 is 2.96 bits per heavy atom. The SMILES string of the molecule is Nc1ccc(C(=O)OCc2csc(-c3ccco3)n2)cc1[N+](=O)[O-]. The molecule has 3 aromatic rings. The summed E-state index contributed by atoms with van der Waals surface area (Å²) in [6.07, 6.45) is 1.55. The standard InChI is InChI=1S/C15H11N3O5S/c16-11-4-3-9(6-12(11)18(20)21)15(19)23-7-10-8-24-14(17-10)13-2-1-5-22-13/h1-6,8H,7,16H2. The normalized spacial score (nSPS) is 10.5. The van der Waals surface area contributed by atoms with E-state index < -0.39 is 10.9 Å². The first-order chi connectivity index (χ1) is 11.5. The summed E-state index contributed by atoms with van der Waals surface area (Å²) in [5.74, 6) is -0.0580. The second-order valence-corrected chi connectivity index (χ2v) is 5.59. The van der Waals surface area contributed by atoms with Crippen LogP contribution in [0, 0.1) is 10.1 Å². The lowest BCUT2D eigenvalue weighted by molar-refractivity contribution is -0.383. The van der Waals surface area contributed by atoms with Gasteiger partial charge in [0.25, 0.3) is 5.69 Å². The van der Waals surface area contributed by atoms with Crippen molar-refractivity contribution in [2.24, 2.45) is 0 Å². The summed E-state index contributed by atoms with van der Waals surface area (Å²) < 4.78 is 10.4. The van der Waals surface area contributed by atoms with Crippen LogP contribution in [0.15, 0.2) is 46.4 Å². The van der Waals surface area contributed by atoms with Crippen LogP contribution in [0.2, 0.25) is 0 Å². The quantitative estimate of drug-likeness (QED) is 0.326. The van der Waals surface area contributed by atoms with Crippen molar-refractivity contribution in [3.8, 4) is 10.8 Å². The van der Waals surface area contributed by atoms with Gasteiger partial charge in [-0.2, -0.15) is 0 Å². The predicted molar refractivity (Wildman–Crippen MR) is 86.4 cm³/mol. The van der Waals surface area contributed by atoms with Crippen LogP contribution in [-0.2, 0) is 11.3 Å². The zero-order valence-corrected chi connectivity index (χ0v) is 13.0. The topological polar surface area (TPSA) is 121 Å². The average molecular weight is 345 g/mol. The maximum Gasteiger partial charge on any atom is 0.338 e. The van der Waals surface area contributed by atoms with Gasteiger partial charge in [-0.15, -0.1) is 11.3 Å². The minimum Gasteiger partial charge on any atom is -0.462 e. The van der Waals surface area contributed by atoms with Gasteiger partial charge in [-0.1, -0.05) is 0 Å². The van der Waals surface area contributed by atoms with E-state index in [9.17, 15) is 14.9 Å².